The number of phenols is 2. The number of phenolic OH excluding ortho intramolecular Hbond substituents is 2. The Bertz CT molecular complexity index is 1170. The van der Waals surface area contributed by atoms with Gasteiger partial charge >= 0.3 is 0 Å². The second kappa shape index (κ2) is 7.54. The van der Waals surface area contributed by atoms with Crippen LogP contribution in [0, 0.1) is 0 Å². The Kier molecular flexibility index (Phi) is 5.15. The van der Waals surface area contributed by atoms with Crippen LogP contribution in [0.1, 0.15) is 0 Å². The Labute approximate surface area is 159 Å². The molecular weight excluding hydrogens is 386 g/mol. The van der Waals surface area contributed by atoms with Crippen molar-refractivity contribution in [2.24, 2.45) is 32.6 Å². The molecule has 0 spiro atoms. The first-order chi connectivity index (χ1) is 13.2. The lowest BCUT2D eigenvalue weighted by Gasteiger charge is -2.03. The van der Waals surface area contributed by atoms with Gasteiger partial charge in [0.1, 0.15) is 5.69 Å². The number of aromatic nitrogens is 2. The summed E-state index contributed by atoms with van der Waals surface area (Å²) in [6, 6.07) is 9.63. The highest BCUT2D eigenvalue weighted by Gasteiger charge is 2.10. The molecule has 0 unspecified atom stereocenters. The van der Waals surface area contributed by atoms with Gasteiger partial charge in [-0.3, -0.25) is 0 Å². The average molecular weight is 401 g/mol. The molecule has 0 aliphatic heterocycles. The van der Waals surface area contributed by atoms with Crippen LogP contribution in [0.4, 0.5) is 22.9 Å². The normalized spacial score (nSPS) is 12.2. The van der Waals surface area contributed by atoms with Crippen LogP contribution in [0.15, 0.2) is 74.0 Å². The third kappa shape index (κ3) is 4.36. The number of aryl methyl sites for hydroxylation is 1. The third-order valence-electron chi connectivity index (χ3n) is 3.56. The maximum atomic E-state index is 11.2. The van der Waals surface area contributed by atoms with Gasteiger partial charge in [-0.15, -0.1) is 10.2 Å². The summed E-state index contributed by atoms with van der Waals surface area (Å²) in [5, 5.41) is 44.5. The van der Waals surface area contributed by atoms with Gasteiger partial charge in [0.05, 0.1) is 22.5 Å². The highest BCUT2D eigenvalue weighted by Crippen LogP contribution is 2.40. The zero-order chi connectivity index (χ0) is 20.3. The molecule has 0 bridgehead atoms. The summed E-state index contributed by atoms with van der Waals surface area (Å²) in [4.78, 5) is -0.0495. The zero-order valence-electron chi connectivity index (χ0n) is 14.5. The van der Waals surface area contributed by atoms with Crippen molar-refractivity contribution in [3.05, 3.63) is 48.7 Å². The molecule has 0 fully saturated rings. The van der Waals surface area contributed by atoms with Crippen molar-refractivity contribution in [1.29, 1.82) is 0 Å². The maximum Gasteiger partial charge on any atom is 0.238 e. The van der Waals surface area contributed by atoms with Gasteiger partial charge in [-0.2, -0.15) is 15.3 Å². The first-order valence-electron chi connectivity index (χ1n) is 7.74. The maximum absolute atomic E-state index is 11.2. The van der Waals surface area contributed by atoms with E-state index in [2.05, 4.69) is 25.6 Å². The van der Waals surface area contributed by atoms with E-state index in [1.807, 2.05) is 0 Å². The lowest BCUT2D eigenvalue weighted by Crippen LogP contribution is -2.11. The van der Waals surface area contributed by atoms with E-state index in [0.29, 0.717) is 11.5 Å². The number of sulfonamides is 1. The smallest absolute Gasteiger partial charge is 0.238 e. The fourth-order valence-electron chi connectivity index (χ4n) is 2.11. The van der Waals surface area contributed by atoms with Gasteiger partial charge in [-0.25, -0.2) is 18.2 Å². The third-order valence-corrected chi connectivity index (χ3v) is 4.49. The average Bonchev–Trinajstić information content (AvgIpc) is 3.06. The van der Waals surface area contributed by atoms with Crippen molar-refractivity contribution in [3.8, 4) is 11.5 Å². The van der Waals surface area contributed by atoms with Gasteiger partial charge in [0.2, 0.25) is 10.0 Å². The monoisotopic (exact) mass is 401 g/mol. The molecule has 2 aromatic carbocycles. The van der Waals surface area contributed by atoms with Gasteiger partial charge in [0.15, 0.2) is 17.3 Å². The molecule has 3 aromatic rings. The summed E-state index contributed by atoms with van der Waals surface area (Å²) in [6.07, 6.45) is 1.54. The fraction of sp³-hybridized carbons (Fsp3) is 0.0625. The molecule has 0 amide bonds. The molecule has 28 heavy (non-hydrogen) atoms. The van der Waals surface area contributed by atoms with Crippen molar-refractivity contribution < 1.29 is 18.6 Å². The predicted octanol–water partition coefficient (Wildman–Crippen LogP) is 3.31. The quantitative estimate of drug-likeness (QED) is 0.439. The van der Waals surface area contributed by atoms with Gasteiger partial charge in [-0.05, 0) is 30.3 Å². The van der Waals surface area contributed by atoms with E-state index in [1.165, 1.54) is 47.3 Å². The van der Waals surface area contributed by atoms with E-state index in [0.717, 1.165) is 0 Å². The van der Waals surface area contributed by atoms with E-state index < -0.39 is 21.5 Å². The molecule has 0 aliphatic rings. The number of nitrogens with two attached hydrogens (primary N) is 1. The SMILES string of the molecule is Cn1nccc1/N=N/c1cc(/N=N/c2ccc(S(N)(=O)=O)cc2)cc(O)c1O. The van der Waals surface area contributed by atoms with Crippen LogP contribution in [0.25, 0.3) is 0 Å². The highest BCUT2D eigenvalue weighted by atomic mass is 32.2. The zero-order valence-corrected chi connectivity index (χ0v) is 15.3. The fourth-order valence-corrected chi connectivity index (χ4v) is 2.63. The van der Waals surface area contributed by atoms with Gasteiger partial charge in [0, 0.05) is 19.2 Å². The standard InChI is InChI=1S/C16H15N7O4S/c1-23-15(6-7-18-23)22-21-13-8-11(9-14(24)16(13)25)20-19-10-2-4-12(5-3-10)28(17,26)27/h2-9,24-25H,1H3,(H2,17,26,27)/b20-19+,22-21+. The second-order valence-electron chi connectivity index (χ2n) is 5.58. The molecule has 144 valence electrons. The van der Waals surface area contributed by atoms with E-state index in [9.17, 15) is 18.6 Å². The minimum Gasteiger partial charge on any atom is -0.504 e. The number of benzene rings is 2. The number of azo groups is 2. The molecule has 0 aliphatic carbocycles. The Balaban J connectivity index is 1.86. The van der Waals surface area contributed by atoms with Crippen molar-refractivity contribution >= 4 is 32.9 Å². The second-order valence-corrected chi connectivity index (χ2v) is 7.15. The van der Waals surface area contributed by atoms with Gasteiger partial charge < -0.3 is 10.2 Å². The molecule has 12 heteroatoms. The van der Waals surface area contributed by atoms with Gasteiger partial charge in [-0.1, -0.05) is 0 Å². The summed E-state index contributed by atoms with van der Waals surface area (Å²) in [5.74, 6) is -0.455. The molecule has 0 saturated carbocycles. The Hall–Kier alpha value is -3.64. The summed E-state index contributed by atoms with van der Waals surface area (Å²) < 4.78 is 24.0. The van der Waals surface area contributed by atoms with Crippen LogP contribution in [-0.4, -0.2) is 28.4 Å². The number of primary sulfonamides is 1. The first-order valence-corrected chi connectivity index (χ1v) is 9.29. The van der Waals surface area contributed by atoms with Crippen LogP contribution in [0.3, 0.4) is 0 Å². The molecule has 11 nitrogen and oxygen atoms in total. The van der Waals surface area contributed by atoms with Crippen molar-refractivity contribution in [3.63, 3.8) is 0 Å². The Morgan fingerprint density at radius 3 is 2.25 bits per heavy atom. The number of hydrogen-bond donors (Lipinski definition) is 3. The van der Waals surface area contributed by atoms with E-state index in [1.54, 1.807) is 13.1 Å². The highest BCUT2D eigenvalue weighted by molar-refractivity contribution is 7.89. The number of nitrogens with zero attached hydrogens (tertiary/aromatic N) is 6. The lowest BCUT2D eigenvalue weighted by molar-refractivity contribution is 0.405. The predicted molar refractivity (Wildman–Crippen MR) is 99.1 cm³/mol. The van der Waals surface area contributed by atoms with E-state index in [-0.39, 0.29) is 16.3 Å². The van der Waals surface area contributed by atoms with Crippen LogP contribution >= 0.6 is 0 Å². The number of aromatic hydroxyl groups is 2. The summed E-state index contributed by atoms with van der Waals surface area (Å²) in [6.45, 7) is 0. The van der Waals surface area contributed by atoms with Crippen LogP contribution < -0.4 is 5.14 Å². The molecule has 0 atom stereocenters. The van der Waals surface area contributed by atoms with Gasteiger partial charge in [0.25, 0.3) is 0 Å². The van der Waals surface area contributed by atoms with Crippen LogP contribution in [-0.2, 0) is 17.1 Å². The number of hydrogen-bond acceptors (Lipinski definition) is 9. The van der Waals surface area contributed by atoms with Crippen LogP contribution in [0.5, 0.6) is 11.5 Å². The summed E-state index contributed by atoms with van der Waals surface area (Å²) in [5.41, 5.74) is 0.544. The molecule has 4 N–H and O–H groups in total. The molecule has 0 radical (unpaired) electrons. The Morgan fingerprint density at radius 1 is 0.964 bits per heavy atom. The largest absolute Gasteiger partial charge is 0.504 e. The minimum absolute atomic E-state index is 0.0141. The molecule has 3 rings (SSSR count). The molecular formula is C16H15N7O4S. The topological polar surface area (TPSA) is 168 Å². The molecule has 1 heterocycles. The van der Waals surface area contributed by atoms with Crippen molar-refractivity contribution in [2.45, 2.75) is 4.90 Å². The molecule has 0 saturated heterocycles. The first kappa shape index (κ1) is 19.1. The van der Waals surface area contributed by atoms with Crippen LogP contribution in [0.2, 0.25) is 0 Å². The summed E-state index contributed by atoms with van der Waals surface area (Å²) >= 11 is 0. The van der Waals surface area contributed by atoms with Crippen molar-refractivity contribution in [1.82, 2.24) is 9.78 Å². The molecule has 1 aromatic heterocycles. The Morgan fingerprint density at radius 2 is 1.64 bits per heavy atom. The van der Waals surface area contributed by atoms with E-state index in [4.69, 9.17) is 5.14 Å². The van der Waals surface area contributed by atoms with E-state index >= 15 is 0 Å². The number of rotatable bonds is 5. The minimum atomic E-state index is -3.79. The van der Waals surface area contributed by atoms with Crippen molar-refractivity contribution in [2.75, 3.05) is 0 Å². The lowest BCUT2D eigenvalue weighted by atomic mass is 10.2. The summed E-state index contributed by atoms with van der Waals surface area (Å²) in [7, 11) is -2.11.